The highest BCUT2D eigenvalue weighted by molar-refractivity contribution is 7.90. The molecule has 126 valence electrons. The molecule has 0 aliphatic rings. The molecule has 0 N–H and O–H groups in total. The molecular weight excluding hydrogens is 318 g/mol. The van der Waals surface area contributed by atoms with Crippen LogP contribution in [0.5, 0.6) is 0 Å². The number of rotatable bonds is 5. The number of nitrogens with zero attached hydrogens (tertiary/aromatic N) is 1. The summed E-state index contributed by atoms with van der Waals surface area (Å²) in [6.45, 7) is 6.30. The van der Waals surface area contributed by atoms with Crippen LogP contribution in [0.25, 0.3) is 0 Å². The number of hydrogen-bond acceptors (Lipinski definition) is 3. The van der Waals surface area contributed by atoms with Gasteiger partial charge < -0.3 is 0 Å². The SMILES string of the molecule is CC(C)c1cc(C#N)cc(CC(C)c2cccc(S(C)(=O)=O)c2)c1. The van der Waals surface area contributed by atoms with Crippen molar-refractivity contribution in [3.63, 3.8) is 0 Å². The maximum atomic E-state index is 11.7. The first kappa shape index (κ1) is 18.2. The molecule has 0 heterocycles. The topological polar surface area (TPSA) is 57.9 Å². The second-order valence-corrected chi connectivity index (χ2v) is 8.70. The molecule has 0 bridgehead atoms. The van der Waals surface area contributed by atoms with Crippen LogP contribution >= 0.6 is 0 Å². The molecule has 0 saturated carbocycles. The molecule has 0 aromatic heterocycles. The fourth-order valence-corrected chi connectivity index (χ4v) is 3.43. The first-order valence-electron chi connectivity index (χ1n) is 8.04. The molecule has 0 saturated heterocycles. The average molecular weight is 341 g/mol. The van der Waals surface area contributed by atoms with Crippen molar-refractivity contribution in [1.82, 2.24) is 0 Å². The Labute approximate surface area is 144 Å². The summed E-state index contributed by atoms with van der Waals surface area (Å²) < 4.78 is 23.5. The summed E-state index contributed by atoms with van der Waals surface area (Å²) in [5.74, 6) is 0.529. The molecular formula is C20H23NO2S. The molecule has 1 atom stereocenters. The molecule has 0 radical (unpaired) electrons. The van der Waals surface area contributed by atoms with Gasteiger partial charge in [0.05, 0.1) is 16.5 Å². The van der Waals surface area contributed by atoms with E-state index in [-0.39, 0.29) is 5.92 Å². The van der Waals surface area contributed by atoms with Crippen LogP contribution in [0.3, 0.4) is 0 Å². The summed E-state index contributed by atoms with van der Waals surface area (Å²) in [7, 11) is -3.20. The molecule has 24 heavy (non-hydrogen) atoms. The predicted molar refractivity (Wildman–Crippen MR) is 96.9 cm³/mol. The molecule has 2 aromatic rings. The second-order valence-electron chi connectivity index (χ2n) is 6.68. The van der Waals surface area contributed by atoms with E-state index in [0.717, 1.165) is 23.1 Å². The van der Waals surface area contributed by atoms with Crippen LogP contribution in [-0.4, -0.2) is 14.7 Å². The lowest BCUT2D eigenvalue weighted by atomic mass is 9.90. The van der Waals surface area contributed by atoms with Crippen LogP contribution in [0, 0.1) is 11.3 Å². The minimum atomic E-state index is -3.20. The Bertz CT molecular complexity index is 877. The van der Waals surface area contributed by atoms with E-state index in [9.17, 15) is 13.7 Å². The lowest BCUT2D eigenvalue weighted by molar-refractivity contribution is 0.601. The summed E-state index contributed by atoms with van der Waals surface area (Å²) in [4.78, 5) is 0.348. The zero-order valence-electron chi connectivity index (χ0n) is 14.6. The van der Waals surface area contributed by atoms with Gasteiger partial charge in [-0.3, -0.25) is 0 Å². The third-order valence-corrected chi connectivity index (χ3v) is 5.32. The fourth-order valence-electron chi connectivity index (χ4n) is 2.76. The molecule has 2 rings (SSSR count). The minimum absolute atomic E-state index is 0.167. The number of nitriles is 1. The highest BCUT2D eigenvalue weighted by Gasteiger charge is 2.13. The molecule has 0 fully saturated rings. The van der Waals surface area contributed by atoms with Gasteiger partial charge >= 0.3 is 0 Å². The number of hydrogen-bond donors (Lipinski definition) is 0. The molecule has 0 aliphatic carbocycles. The molecule has 1 unspecified atom stereocenters. The van der Waals surface area contributed by atoms with Gasteiger partial charge in [-0.1, -0.05) is 39.0 Å². The lowest BCUT2D eigenvalue weighted by Gasteiger charge is -2.15. The zero-order chi connectivity index (χ0) is 17.9. The fraction of sp³-hybridized carbons (Fsp3) is 0.350. The standard InChI is InChI=1S/C20H23NO2S/c1-14(2)19-10-16(9-17(11-19)13-21)8-15(3)18-6-5-7-20(12-18)24(4,22)23/h5-7,9-12,14-15H,8H2,1-4H3. The van der Waals surface area contributed by atoms with E-state index in [1.807, 2.05) is 18.2 Å². The zero-order valence-corrected chi connectivity index (χ0v) is 15.4. The van der Waals surface area contributed by atoms with E-state index >= 15 is 0 Å². The van der Waals surface area contributed by atoms with Gasteiger partial charge in [0, 0.05) is 6.26 Å². The van der Waals surface area contributed by atoms with Crippen LogP contribution in [0.15, 0.2) is 47.4 Å². The van der Waals surface area contributed by atoms with Crippen molar-refractivity contribution in [2.45, 2.75) is 43.9 Å². The molecule has 0 amide bonds. The third-order valence-electron chi connectivity index (χ3n) is 4.21. The summed E-state index contributed by atoms with van der Waals surface area (Å²) in [5, 5.41) is 9.23. The Morgan fingerprint density at radius 3 is 2.33 bits per heavy atom. The Balaban J connectivity index is 2.32. The molecule has 0 spiro atoms. The van der Waals surface area contributed by atoms with Gasteiger partial charge in [-0.25, -0.2) is 8.42 Å². The van der Waals surface area contributed by atoms with Gasteiger partial charge in [0.25, 0.3) is 0 Å². The van der Waals surface area contributed by atoms with E-state index in [1.165, 1.54) is 6.26 Å². The van der Waals surface area contributed by atoms with Crippen molar-refractivity contribution in [2.75, 3.05) is 6.26 Å². The summed E-state index contributed by atoms with van der Waals surface area (Å²) in [6.07, 6.45) is 1.99. The Kier molecular flexibility index (Phi) is 5.46. The van der Waals surface area contributed by atoms with Gasteiger partial charge in [0.1, 0.15) is 0 Å². The van der Waals surface area contributed by atoms with Crippen LogP contribution in [0.1, 0.15) is 54.9 Å². The van der Waals surface area contributed by atoms with Gasteiger partial charge in [0.15, 0.2) is 9.84 Å². The van der Waals surface area contributed by atoms with Crippen molar-refractivity contribution in [1.29, 1.82) is 5.26 Å². The van der Waals surface area contributed by atoms with Crippen LogP contribution < -0.4 is 0 Å². The second kappa shape index (κ2) is 7.19. The largest absolute Gasteiger partial charge is 0.224 e. The summed E-state index contributed by atoms with van der Waals surface area (Å²) in [5.41, 5.74) is 3.93. The number of benzene rings is 2. The van der Waals surface area contributed by atoms with Crippen molar-refractivity contribution in [3.05, 3.63) is 64.7 Å². The third kappa shape index (κ3) is 4.46. The maximum Gasteiger partial charge on any atom is 0.175 e. The monoisotopic (exact) mass is 341 g/mol. The van der Waals surface area contributed by atoms with Crippen LogP contribution in [0.2, 0.25) is 0 Å². The highest BCUT2D eigenvalue weighted by atomic mass is 32.2. The van der Waals surface area contributed by atoms with Gasteiger partial charge in [-0.15, -0.1) is 0 Å². The average Bonchev–Trinajstić information content (AvgIpc) is 2.53. The molecule has 3 nitrogen and oxygen atoms in total. The van der Waals surface area contributed by atoms with E-state index in [1.54, 1.807) is 18.2 Å². The van der Waals surface area contributed by atoms with Crippen molar-refractivity contribution < 1.29 is 8.42 Å². The van der Waals surface area contributed by atoms with Crippen LogP contribution in [0.4, 0.5) is 0 Å². The van der Waals surface area contributed by atoms with Crippen molar-refractivity contribution in [2.24, 2.45) is 0 Å². The normalized spacial score (nSPS) is 12.8. The highest BCUT2D eigenvalue weighted by Crippen LogP contribution is 2.25. The lowest BCUT2D eigenvalue weighted by Crippen LogP contribution is -2.03. The van der Waals surface area contributed by atoms with Gasteiger partial charge in [-0.2, -0.15) is 5.26 Å². The maximum absolute atomic E-state index is 11.7. The van der Waals surface area contributed by atoms with Gasteiger partial charge in [-0.05, 0) is 59.2 Å². The van der Waals surface area contributed by atoms with E-state index in [2.05, 4.69) is 32.9 Å². The van der Waals surface area contributed by atoms with Crippen molar-refractivity contribution in [3.8, 4) is 6.07 Å². The molecule has 0 aliphatic heterocycles. The number of sulfone groups is 1. The van der Waals surface area contributed by atoms with E-state index < -0.39 is 9.84 Å². The van der Waals surface area contributed by atoms with Gasteiger partial charge in [0.2, 0.25) is 0 Å². The summed E-state index contributed by atoms with van der Waals surface area (Å²) >= 11 is 0. The molecule has 4 heteroatoms. The Morgan fingerprint density at radius 1 is 1.04 bits per heavy atom. The van der Waals surface area contributed by atoms with E-state index in [0.29, 0.717) is 16.4 Å². The quantitative estimate of drug-likeness (QED) is 0.808. The van der Waals surface area contributed by atoms with Crippen LogP contribution in [-0.2, 0) is 16.3 Å². The first-order valence-corrected chi connectivity index (χ1v) is 9.94. The Morgan fingerprint density at radius 2 is 1.75 bits per heavy atom. The molecule has 2 aromatic carbocycles. The smallest absolute Gasteiger partial charge is 0.175 e. The summed E-state index contributed by atoms with van der Waals surface area (Å²) in [6, 6.07) is 15.3. The minimum Gasteiger partial charge on any atom is -0.224 e. The Hall–Kier alpha value is -2.12. The predicted octanol–water partition coefficient (Wildman–Crippen LogP) is 4.43. The first-order chi connectivity index (χ1) is 11.2. The van der Waals surface area contributed by atoms with Crippen molar-refractivity contribution >= 4 is 9.84 Å². The van der Waals surface area contributed by atoms with E-state index in [4.69, 9.17) is 0 Å².